The SMILES string of the molecule is C=CC(=O)Nc1cc(Nc2nc(-c3ccnc(N4CCn5c(cc6c5CC(C)(C)C6)C4=O)c3CO)cn(C)c2=O)ccc1N1CCN(C2CCN(c3ccc(Cl)c(C(F)(F)F)c3)CC2)CC1C. The Kier molecular flexibility index (Phi) is 12.2. The molecule has 352 valence electrons. The summed E-state index contributed by atoms with van der Waals surface area (Å²) in [4.78, 5) is 58.1. The van der Waals surface area contributed by atoms with Crippen LogP contribution in [-0.4, -0.2) is 92.3 Å². The van der Waals surface area contributed by atoms with E-state index in [1.807, 2.05) is 23.1 Å². The summed E-state index contributed by atoms with van der Waals surface area (Å²) in [5.41, 5.74) is 5.51. The van der Waals surface area contributed by atoms with E-state index >= 15 is 0 Å². The number of hydrogen-bond donors (Lipinski definition) is 3. The number of piperidine rings is 1. The van der Waals surface area contributed by atoms with Gasteiger partial charge in [0, 0.05) is 106 Å². The van der Waals surface area contributed by atoms with Crippen molar-refractivity contribution in [2.24, 2.45) is 12.5 Å². The zero-order valence-corrected chi connectivity index (χ0v) is 38.7. The summed E-state index contributed by atoms with van der Waals surface area (Å²) in [6.45, 7) is 14.1. The van der Waals surface area contributed by atoms with Crippen molar-refractivity contribution in [3.8, 4) is 11.3 Å². The second-order valence-corrected chi connectivity index (χ2v) is 19.2. The van der Waals surface area contributed by atoms with Gasteiger partial charge < -0.3 is 34.7 Å². The fourth-order valence-corrected chi connectivity index (χ4v) is 10.6. The number of fused-ring (bicyclic) bond motifs is 3. The number of carbonyl (C=O) groups excluding carboxylic acids is 2. The monoisotopic (exact) mass is 938 g/mol. The Hall–Kier alpha value is -6.17. The van der Waals surface area contributed by atoms with E-state index in [0.29, 0.717) is 78.1 Å². The summed E-state index contributed by atoms with van der Waals surface area (Å²) in [7, 11) is 1.61. The predicted octanol–water partition coefficient (Wildman–Crippen LogP) is 7.64. The number of carbonyl (C=O) groups is 2. The molecule has 18 heteroatoms. The van der Waals surface area contributed by atoms with Crippen molar-refractivity contribution in [2.45, 2.75) is 77.9 Å². The number of rotatable bonds is 10. The molecule has 2 saturated heterocycles. The Labute approximate surface area is 391 Å². The van der Waals surface area contributed by atoms with E-state index in [9.17, 15) is 32.7 Å². The molecule has 0 bridgehead atoms. The Balaban J connectivity index is 0.916. The van der Waals surface area contributed by atoms with Gasteiger partial charge in [-0.15, -0.1) is 0 Å². The average Bonchev–Trinajstić information content (AvgIpc) is 3.79. The molecule has 14 nitrogen and oxygen atoms in total. The van der Waals surface area contributed by atoms with Crippen molar-refractivity contribution in [3.05, 3.63) is 117 Å². The van der Waals surface area contributed by atoms with Crippen LogP contribution >= 0.6 is 11.6 Å². The highest BCUT2D eigenvalue weighted by Gasteiger charge is 2.39. The minimum absolute atomic E-state index is 0.00481. The van der Waals surface area contributed by atoms with Crippen LogP contribution in [0.2, 0.25) is 5.02 Å². The number of nitrogens with zero attached hydrogens (tertiary/aromatic N) is 8. The first-order chi connectivity index (χ1) is 31.9. The van der Waals surface area contributed by atoms with Crippen LogP contribution in [0.3, 0.4) is 0 Å². The third-order valence-corrected chi connectivity index (χ3v) is 14.0. The number of aryl methyl sites for hydroxylation is 1. The van der Waals surface area contributed by atoms with E-state index < -0.39 is 29.8 Å². The van der Waals surface area contributed by atoms with Crippen molar-refractivity contribution < 1.29 is 27.9 Å². The molecular weight excluding hydrogens is 885 g/mol. The molecule has 9 rings (SSSR count). The number of amides is 2. The lowest BCUT2D eigenvalue weighted by molar-refractivity contribution is -0.137. The van der Waals surface area contributed by atoms with Gasteiger partial charge in [-0.1, -0.05) is 32.0 Å². The number of nitrogens with one attached hydrogen (secondary N) is 2. The Bertz CT molecular complexity index is 2830. The first kappa shape index (κ1) is 46.0. The molecule has 1 unspecified atom stereocenters. The smallest absolute Gasteiger partial charge is 0.392 e. The van der Waals surface area contributed by atoms with Gasteiger partial charge in [-0.25, -0.2) is 9.97 Å². The molecular formula is C49H54ClF3N10O4. The van der Waals surface area contributed by atoms with Gasteiger partial charge in [0.1, 0.15) is 11.5 Å². The molecule has 0 radical (unpaired) electrons. The molecule has 5 aromatic rings. The van der Waals surface area contributed by atoms with Gasteiger partial charge in [0.2, 0.25) is 5.91 Å². The number of aliphatic hydroxyl groups is 1. The van der Waals surface area contributed by atoms with Crippen LogP contribution in [0.1, 0.15) is 66.5 Å². The molecule has 6 heterocycles. The third kappa shape index (κ3) is 8.91. The lowest BCUT2D eigenvalue weighted by atomic mass is 9.90. The molecule has 1 atom stereocenters. The molecule has 0 spiro atoms. The molecule has 2 fully saturated rings. The van der Waals surface area contributed by atoms with Crippen LogP contribution in [0, 0.1) is 5.41 Å². The second kappa shape index (κ2) is 17.8. The van der Waals surface area contributed by atoms with Crippen LogP contribution in [0.5, 0.6) is 0 Å². The highest BCUT2D eigenvalue weighted by molar-refractivity contribution is 6.31. The van der Waals surface area contributed by atoms with Crippen molar-refractivity contribution in [3.63, 3.8) is 0 Å². The highest BCUT2D eigenvalue weighted by atomic mass is 35.5. The zero-order chi connectivity index (χ0) is 47.5. The molecule has 2 amide bonds. The molecule has 3 aliphatic heterocycles. The number of aromatic nitrogens is 4. The number of piperazine rings is 1. The number of pyridine rings is 1. The minimum Gasteiger partial charge on any atom is -0.392 e. The standard InChI is InChI=1S/C49H54ClF3N10O4/c1-6-43(65)56-38-22-31(7-10-40(38)61-18-17-60(26-29(61)2)32-12-15-59(16-13-32)33-8-9-37(50)36(23-33)49(51,52)53)55-44-47(67)58(5)27-39(57-44)34-11-14-54-45(35(34)28-64)63-20-19-62-41(46(63)66)21-30-24-48(3,4)25-42(30)62/h6-11,14,21-23,27,29,32,64H,1,12-13,15-20,24-26,28H2,2-5H3,(H,55,57)(H,56,65). The first-order valence-corrected chi connectivity index (χ1v) is 23.0. The largest absolute Gasteiger partial charge is 0.417 e. The molecule has 2 aromatic carbocycles. The Morgan fingerprint density at radius 1 is 1.01 bits per heavy atom. The van der Waals surface area contributed by atoms with E-state index in [1.165, 1.54) is 28.0 Å². The Morgan fingerprint density at radius 3 is 2.51 bits per heavy atom. The van der Waals surface area contributed by atoms with Gasteiger partial charge >= 0.3 is 6.18 Å². The summed E-state index contributed by atoms with van der Waals surface area (Å²) < 4.78 is 44.2. The summed E-state index contributed by atoms with van der Waals surface area (Å²) >= 11 is 5.88. The van der Waals surface area contributed by atoms with Crippen molar-refractivity contribution in [2.75, 3.05) is 64.6 Å². The van der Waals surface area contributed by atoms with Gasteiger partial charge in [0.25, 0.3) is 11.5 Å². The summed E-state index contributed by atoms with van der Waals surface area (Å²) in [5.74, 6) is -0.254. The molecule has 3 aromatic heterocycles. The number of hydrogen-bond acceptors (Lipinski definition) is 10. The minimum atomic E-state index is -4.53. The van der Waals surface area contributed by atoms with Gasteiger partial charge in [0.05, 0.1) is 34.3 Å². The highest BCUT2D eigenvalue weighted by Crippen LogP contribution is 2.41. The summed E-state index contributed by atoms with van der Waals surface area (Å²) in [6.07, 6.45) is 3.22. The van der Waals surface area contributed by atoms with Crippen molar-refractivity contribution in [1.82, 2.24) is 24.0 Å². The van der Waals surface area contributed by atoms with E-state index in [4.69, 9.17) is 16.6 Å². The van der Waals surface area contributed by atoms with Crippen LogP contribution in [0.15, 0.2) is 78.4 Å². The number of aliphatic hydroxyl groups excluding tert-OH is 1. The second-order valence-electron chi connectivity index (χ2n) is 18.8. The maximum absolute atomic E-state index is 14.0. The van der Waals surface area contributed by atoms with Crippen LogP contribution in [-0.2, 0) is 44.0 Å². The molecule has 4 aliphatic rings. The zero-order valence-electron chi connectivity index (χ0n) is 38.0. The maximum atomic E-state index is 14.0. The Morgan fingerprint density at radius 2 is 1.79 bits per heavy atom. The first-order valence-electron chi connectivity index (χ1n) is 22.6. The predicted molar refractivity (Wildman–Crippen MR) is 255 cm³/mol. The van der Waals surface area contributed by atoms with E-state index in [0.717, 1.165) is 50.5 Å². The van der Waals surface area contributed by atoms with E-state index in [-0.39, 0.29) is 34.2 Å². The van der Waals surface area contributed by atoms with Gasteiger partial charge in [0.15, 0.2) is 5.82 Å². The molecule has 0 saturated carbocycles. The maximum Gasteiger partial charge on any atom is 0.417 e. The topological polar surface area (TPSA) is 144 Å². The quantitative estimate of drug-likeness (QED) is 0.120. The normalized spacial score (nSPS) is 18.8. The summed E-state index contributed by atoms with van der Waals surface area (Å²) in [6, 6.07) is 13.5. The van der Waals surface area contributed by atoms with E-state index in [1.54, 1.807) is 42.5 Å². The fraction of sp³-hybridized carbons (Fsp3) is 0.408. The number of benzene rings is 2. The summed E-state index contributed by atoms with van der Waals surface area (Å²) in [5, 5.41) is 16.6. The van der Waals surface area contributed by atoms with Gasteiger partial charge in [-0.2, -0.15) is 13.2 Å². The van der Waals surface area contributed by atoms with Crippen molar-refractivity contribution in [1.29, 1.82) is 0 Å². The van der Waals surface area contributed by atoms with Crippen LogP contribution in [0.25, 0.3) is 11.3 Å². The molecule has 67 heavy (non-hydrogen) atoms. The fourth-order valence-electron chi connectivity index (χ4n) is 10.4. The molecule has 1 aliphatic carbocycles. The average molecular weight is 939 g/mol. The van der Waals surface area contributed by atoms with Crippen LogP contribution < -0.4 is 30.9 Å². The number of alkyl halides is 3. The third-order valence-electron chi connectivity index (χ3n) is 13.7. The van der Waals surface area contributed by atoms with Gasteiger partial charge in [-0.3, -0.25) is 24.2 Å². The van der Waals surface area contributed by atoms with Gasteiger partial charge in [-0.05, 0) is 98.2 Å². The number of anilines is 6. The lowest BCUT2D eigenvalue weighted by Crippen LogP contribution is -2.57. The lowest BCUT2D eigenvalue weighted by Gasteiger charge is -2.47. The van der Waals surface area contributed by atoms with E-state index in [2.05, 4.69) is 57.3 Å². The van der Waals surface area contributed by atoms with Crippen LogP contribution in [0.4, 0.5) is 47.6 Å². The molecule has 3 N–H and O–H groups in total. The van der Waals surface area contributed by atoms with Crippen molar-refractivity contribution >= 4 is 57.8 Å². The number of halogens is 4.